The second-order valence-corrected chi connectivity index (χ2v) is 7.56. The van der Waals surface area contributed by atoms with E-state index in [2.05, 4.69) is 86.8 Å². The van der Waals surface area contributed by atoms with Crippen molar-refractivity contribution >= 4 is 5.95 Å². The fourth-order valence-corrected chi connectivity index (χ4v) is 4.17. The molecule has 2 fully saturated rings. The predicted octanol–water partition coefficient (Wildman–Crippen LogP) is 2.06. The van der Waals surface area contributed by atoms with Gasteiger partial charge >= 0.3 is 0 Å². The summed E-state index contributed by atoms with van der Waals surface area (Å²) in [6.07, 6.45) is 0.181. The summed E-state index contributed by atoms with van der Waals surface area (Å²) in [5, 5.41) is 12.5. The molecule has 2 aromatic carbocycles. The molecule has 0 N–H and O–H groups in total. The molecule has 3 heterocycles. The van der Waals surface area contributed by atoms with Gasteiger partial charge in [0.2, 0.25) is 0 Å². The largest absolute Gasteiger partial charge is 0.373 e. The molecule has 28 heavy (non-hydrogen) atoms. The first-order chi connectivity index (χ1) is 13.8. The van der Waals surface area contributed by atoms with Crippen LogP contribution in [0.3, 0.4) is 0 Å². The first-order valence-electron chi connectivity index (χ1n) is 9.78. The molecule has 0 saturated carbocycles. The minimum absolute atomic E-state index is 0.181. The monoisotopic (exact) mass is 376 g/mol. The van der Waals surface area contributed by atoms with Crippen molar-refractivity contribution in [2.24, 2.45) is 0 Å². The van der Waals surface area contributed by atoms with E-state index in [1.165, 1.54) is 11.1 Å². The van der Waals surface area contributed by atoms with Crippen LogP contribution in [0.5, 0.6) is 0 Å². The average Bonchev–Trinajstić information content (AvgIpc) is 3.37. The molecule has 5 rings (SSSR count). The number of fused-ring (bicyclic) bond motifs is 1. The van der Waals surface area contributed by atoms with E-state index < -0.39 is 0 Å². The van der Waals surface area contributed by atoms with Gasteiger partial charge < -0.3 is 9.64 Å². The molecule has 7 nitrogen and oxygen atoms in total. The Morgan fingerprint density at radius 3 is 2.68 bits per heavy atom. The van der Waals surface area contributed by atoms with Crippen LogP contribution in [0.1, 0.15) is 11.1 Å². The highest BCUT2D eigenvalue weighted by molar-refractivity contribution is 5.43. The second kappa shape index (κ2) is 7.33. The summed E-state index contributed by atoms with van der Waals surface area (Å²) < 4.78 is 7.92. The van der Waals surface area contributed by atoms with Gasteiger partial charge in [0.1, 0.15) is 0 Å². The van der Waals surface area contributed by atoms with Gasteiger partial charge in [0.25, 0.3) is 5.95 Å². The van der Waals surface area contributed by atoms with E-state index >= 15 is 0 Å². The van der Waals surface area contributed by atoms with Gasteiger partial charge in [0, 0.05) is 26.2 Å². The van der Waals surface area contributed by atoms with Crippen LogP contribution in [0.2, 0.25) is 0 Å². The summed E-state index contributed by atoms with van der Waals surface area (Å²) in [4.78, 5) is 4.78. The van der Waals surface area contributed by atoms with Gasteiger partial charge in [-0.3, -0.25) is 4.90 Å². The molecule has 0 radical (unpaired) electrons. The fourth-order valence-electron chi connectivity index (χ4n) is 4.17. The minimum Gasteiger partial charge on any atom is -0.373 e. The lowest BCUT2D eigenvalue weighted by Crippen LogP contribution is -2.50. The molecule has 0 bridgehead atoms. The Kier molecular flexibility index (Phi) is 4.54. The molecule has 144 valence electrons. The molecule has 0 amide bonds. The van der Waals surface area contributed by atoms with E-state index in [4.69, 9.17) is 4.74 Å². The first-order valence-corrected chi connectivity index (χ1v) is 9.78. The lowest BCUT2D eigenvalue weighted by atomic mass is 10.1. The minimum atomic E-state index is 0.181. The molecule has 7 heteroatoms. The molecular weight excluding hydrogens is 352 g/mol. The molecule has 2 atom stereocenters. The summed E-state index contributed by atoms with van der Waals surface area (Å²) in [5.41, 5.74) is 3.53. The lowest BCUT2D eigenvalue weighted by Gasteiger charge is -2.36. The highest BCUT2D eigenvalue weighted by Gasteiger charge is 2.41. The van der Waals surface area contributed by atoms with Crippen LogP contribution in [-0.2, 0) is 11.3 Å². The van der Waals surface area contributed by atoms with Gasteiger partial charge in [-0.05, 0) is 35.0 Å². The van der Waals surface area contributed by atoms with Gasteiger partial charge in [-0.2, -0.15) is 4.68 Å². The van der Waals surface area contributed by atoms with Crippen molar-refractivity contribution < 1.29 is 4.74 Å². The van der Waals surface area contributed by atoms with Crippen LogP contribution in [0.15, 0.2) is 54.6 Å². The maximum absolute atomic E-state index is 6.10. The zero-order chi connectivity index (χ0) is 18.9. The summed E-state index contributed by atoms with van der Waals surface area (Å²) >= 11 is 0. The van der Waals surface area contributed by atoms with Crippen LogP contribution in [0.4, 0.5) is 5.95 Å². The van der Waals surface area contributed by atoms with E-state index in [0.717, 1.165) is 44.4 Å². The van der Waals surface area contributed by atoms with Gasteiger partial charge in [-0.15, -0.1) is 0 Å². The molecule has 0 aliphatic carbocycles. The molecule has 3 aromatic rings. The maximum Gasteiger partial charge on any atom is 0.250 e. The van der Waals surface area contributed by atoms with Crippen LogP contribution in [0.25, 0.3) is 5.69 Å². The molecular formula is C21H24N6O. The SMILES string of the molecule is Cc1ccc(-n2nnnc2N2CC3OCCN(Cc4ccccc4)C3C2)cc1. The van der Waals surface area contributed by atoms with E-state index in [1.54, 1.807) is 0 Å². The second-order valence-electron chi connectivity index (χ2n) is 7.56. The molecule has 0 spiro atoms. The normalized spacial score (nSPS) is 22.4. The third-order valence-corrected chi connectivity index (χ3v) is 5.66. The highest BCUT2D eigenvalue weighted by Crippen LogP contribution is 2.28. The molecule has 1 aromatic heterocycles. The van der Waals surface area contributed by atoms with Crippen molar-refractivity contribution in [2.45, 2.75) is 25.6 Å². The zero-order valence-electron chi connectivity index (χ0n) is 16.0. The standard InChI is InChI=1S/C21H24N6O/c1-16-7-9-18(10-8-16)27-21(22-23-24-27)26-14-19-20(15-26)28-12-11-25(19)13-17-5-3-2-4-6-17/h2-10,19-20H,11-15H2,1H3. The van der Waals surface area contributed by atoms with E-state index in [-0.39, 0.29) is 6.10 Å². The number of benzene rings is 2. The molecule has 2 unspecified atom stereocenters. The molecule has 2 aliphatic rings. The van der Waals surface area contributed by atoms with Crippen LogP contribution >= 0.6 is 0 Å². The number of ether oxygens (including phenoxy) is 1. The van der Waals surface area contributed by atoms with Crippen LogP contribution < -0.4 is 4.90 Å². The number of tetrazole rings is 1. The van der Waals surface area contributed by atoms with Crippen molar-refractivity contribution in [3.8, 4) is 5.69 Å². The van der Waals surface area contributed by atoms with E-state index in [1.807, 2.05) is 4.68 Å². The Hall–Kier alpha value is -2.77. The van der Waals surface area contributed by atoms with Crippen molar-refractivity contribution in [2.75, 3.05) is 31.1 Å². The summed E-state index contributed by atoms with van der Waals surface area (Å²) in [6.45, 7) is 6.42. The van der Waals surface area contributed by atoms with E-state index in [9.17, 15) is 0 Å². The van der Waals surface area contributed by atoms with Crippen molar-refractivity contribution in [1.29, 1.82) is 0 Å². The number of hydrogen-bond acceptors (Lipinski definition) is 6. The smallest absolute Gasteiger partial charge is 0.250 e. The third-order valence-electron chi connectivity index (χ3n) is 5.66. The lowest BCUT2D eigenvalue weighted by molar-refractivity contribution is -0.0499. The first kappa shape index (κ1) is 17.3. The van der Waals surface area contributed by atoms with Crippen LogP contribution in [-0.4, -0.2) is 63.5 Å². The van der Waals surface area contributed by atoms with Crippen molar-refractivity contribution in [3.05, 3.63) is 65.7 Å². The topological polar surface area (TPSA) is 59.3 Å². The quantitative estimate of drug-likeness (QED) is 0.695. The van der Waals surface area contributed by atoms with Gasteiger partial charge in [-0.1, -0.05) is 53.1 Å². The number of rotatable bonds is 4. The summed E-state index contributed by atoms with van der Waals surface area (Å²) in [7, 11) is 0. The molecule has 2 saturated heterocycles. The van der Waals surface area contributed by atoms with E-state index in [0.29, 0.717) is 6.04 Å². The van der Waals surface area contributed by atoms with Gasteiger partial charge in [-0.25, -0.2) is 0 Å². The van der Waals surface area contributed by atoms with Crippen molar-refractivity contribution in [3.63, 3.8) is 0 Å². The predicted molar refractivity (Wildman–Crippen MR) is 106 cm³/mol. The summed E-state index contributed by atoms with van der Waals surface area (Å²) in [6, 6.07) is 19.3. The van der Waals surface area contributed by atoms with Gasteiger partial charge in [0.15, 0.2) is 0 Å². The highest BCUT2D eigenvalue weighted by atomic mass is 16.5. The average molecular weight is 376 g/mol. The number of anilines is 1. The Morgan fingerprint density at radius 1 is 1.04 bits per heavy atom. The third kappa shape index (κ3) is 3.27. The van der Waals surface area contributed by atoms with Crippen molar-refractivity contribution in [1.82, 2.24) is 25.1 Å². The number of morpholine rings is 1. The Balaban J connectivity index is 1.36. The fraction of sp³-hybridized carbons (Fsp3) is 0.381. The molecule has 2 aliphatic heterocycles. The maximum atomic E-state index is 6.10. The number of hydrogen-bond donors (Lipinski definition) is 0. The Morgan fingerprint density at radius 2 is 1.86 bits per heavy atom. The Bertz CT molecular complexity index is 926. The Labute approximate surface area is 164 Å². The van der Waals surface area contributed by atoms with Crippen LogP contribution in [0, 0.1) is 6.92 Å². The van der Waals surface area contributed by atoms with Gasteiger partial charge in [0.05, 0.1) is 24.4 Å². The zero-order valence-corrected chi connectivity index (χ0v) is 16.0. The number of aryl methyl sites for hydroxylation is 1. The number of nitrogens with zero attached hydrogens (tertiary/aromatic N) is 6. The number of aromatic nitrogens is 4. The summed E-state index contributed by atoms with van der Waals surface area (Å²) in [5.74, 6) is 0.779.